The van der Waals surface area contributed by atoms with Crippen molar-refractivity contribution in [1.82, 2.24) is 0 Å². The van der Waals surface area contributed by atoms with Crippen molar-refractivity contribution in [2.45, 2.75) is 13.3 Å². The molecule has 0 radical (unpaired) electrons. The van der Waals surface area contributed by atoms with E-state index < -0.39 is 5.97 Å². The van der Waals surface area contributed by atoms with Gasteiger partial charge in [0.15, 0.2) is 0 Å². The van der Waals surface area contributed by atoms with Crippen molar-refractivity contribution in [1.29, 1.82) is 0 Å². The molecule has 0 rings (SSSR count). The summed E-state index contributed by atoms with van der Waals surface area (Å²) in [6.45, 7) is 2.50. The Labute approximate surface area is 70.2 Å². The Balaban J connectivity index is 4.26. The zero-order valence-corrected chi connectivity index (χ0v) is 6.94. The molecule has 0 amide bonds. The Hall–Kier alpha value is -1.17. The molecule has 0 saturated heterocycles. The van der Waals surface area contributed by atoms with Crippen molar-refractivity contribution in [2.24, 2.45) is 0 Å². The van der Waals surface area contributed by atoms with E-state index in [4.69, 9.17) is 5.11 Å². The van der Waals surface area contributed by atoms with Gasteiger partial charge in [-0.3, -0.25) is 0 Å². The number of hydrogen-bond acceptors (Lipinski definition) is 2. The molecule has 0 heterocycles. The summed E-state index contributed by atoms with van der Waals surface area (Å²) in [6.07, 6.45) is 0.858. The second-order valence-electron chi connectivity index (χ2n) is 1.78. The maximum absolute atomic E-state index is 10.2. The summed E-state index contributed by atoms with van der Waals surface area (Å²) < 4.78 is 0. The van der Waals surface area contributed by atoms with Crippen molar-refractivity contribution in [3.63, 3.8) is 0 Å². The number of hydrogen-bond donors (Lipinski definition) is 1. The second-order valence-corrected chi connectivity index (χ2v) is 1.98. The average molecular weight is 170 g/mol. The van der Waals surface area contributed by atoms with Gasteiger partial charge < -0.3 is 5.11 Å². The molecule has 0 unspecified atom stereocenters. The van der Waals surface area contributed by atoms with E-state index in [1.165, 1.54) is 0 Å². The van der Waals surface area contributed by atoms with Crippen LogP contribution in [0.2, 0.25) is 0 Å². The first-order valence-electron chi connectivity index (χ1n) is 3.13. The fourth-order valence-electron chi connectivity index (χ4n) is 0.361. The third kappa shape index (κ3) is 4.26. The van der Waals surface area contributed by atoms with Crippen LogP contribution in [0.25, 0.3) is 4.85 Å². The predicted molar refractivity (Wildman–Crippen MR) is 46.2 cm³/mol. The van der Waals surface area contributed by atoms with Gasteiger partial charge in [-0.1, -0.05) is 11.8 Å². The maximum atomic E-state index is 10.2. The fraction of sp³-hybridized carbons (Fsp3) is 0.429. The van der Waals surface area contributed by atoms with Crippen LogP contribution >= 0.6 is 12.2 Å². The quantitative estimate of drug-likeness (QED) is 0.386. The van der Waals surface area contributed by atoms with Crippen molar-refractivity contribution >= 4 is 23.2 Å². The molecule has 11 heavy (non-hydrogen) atoms. The van der Waals surface area contributed by atoms with E-state index in [2.05, 4.69) is 28.2 Å². The lowest BCUT2D eigenvalue weighted by Gasteiger charge is -1.74. The van der Waals surface area contributed by atoms with Gasteiger partial charge in [0, 0.05) is 6.42 Å². The lowest BCUT2D eigenvalue weighted by Crippen LogP contribution is -1.97. The summed E-state index contributed by atoms with van der Waals surface area (Å²) in [5, 5.41) is 10.4. The van der Waals surface area contributed by atoms with Crippen LogP contribution in [0.4, 0.5) is 0 Å². The number of rotatable bonds is 2. The molecule has 0 aliphatic heterocycles. The monoisotopic (exact) mass is 170 g/mol. The summed E-state index contributed by atoms with van der Waals surface area (Å²) in [6, 6.07) is 2.30. The van der Waals surface area contributed by atoms with Crippen LogP contribution in [0.1, 0.15) is 13.3 Å². The molecule has 0 aromatic heterocycles. The Morgan fingerprint density at radius 2 is 2.36 bits per heavy atom. The smallest absolute Gasteiger partial charge is 0.359 e. The lowest BCUT2D eigenvalue weighted by molar-refractivity contribution is -0.132. The fourth-order valence-corrected chi connectivity index (χ4v) is 0.494. The Kier molecular flexibility index (Phi) is 5.01. The average Bonchev–Trinajstić information content (AvgIpc) is 1.97. The molecule has 0 atom stereocenters. The maximum Gasteiger partial charge on any atom is 0.359 e. The first-order valence-corrected chi connectivity index (χ1v) is 3.54. The van der Waals surface area contributed by atoms with Gasteiger partial charge in [0.05, 0.1) is 0 Å². The Bertz CT molecular complexity index is 255. The van der Waals surface area contributed by atoms with Crippen LogP contribution in [0, 0.1) is 6.07 Å². The molecule has 0 saturated carbocycles. The molecule has 4 heteroatoms. The minimum absolute atomic E-state index is 0.187. The van der Waals surface area contributed by atoms with E-state index in [0.717, 1.165) is 6.42 Å². The van der Waals surface area contributed by atoms with Crippen LogP contribution in [-0.2, 0) is 4.79 Å². The molecule has 1 N–H and O–H groups in total. The van der Waals surface area contributed by atoms with Gasteiger partial charge in [0.1, 0.15) is 0 Å². The van der Waals surface area contributed by atoms with Crippen LogP contribution in [-0.4, -0.2) is 22.6 Å². The van der Waals surface area contributed by atoms with Crippen LogP contribution in [0.3, 0.4) is 0 Å². The molecule has 0 bridgehead atoms. The van der Waals surface area contributed by atoms with Gasteiger partial charge in [-0.05, 0) is 17.2 Å². The molecule has 0 aromatic rings. The molecular weight excluding hydrogens is 162 g/mol. The predicted octanol–water partition coefficient (Wildman–Crippen LogP) is 1.34. The van der Waals surface area contributed by atoms with Crippen LogP contribution in [0.5, 0.6) is 0 Å². The van der Waals surface area contributed by atoms with E-state index in [0.29, 0.717) is 6.54 Å². The SMILES string of the molecule is CCC[N+]#CC(=C=S)C(=O)O. The largest absolute Gasteiger partial charge is 0.477 e. The van der Waals surface area contributed by atoms with Gasteiger partial charge in [-0.25, -0.2) is 4.79 Å². The number of carboxylic acid groups (broad SMARTS) is 1. The minimum atomic E-state index is -1.14. The summed E-state index contributed by atoms with van der Waals surface area (Å²) >= 11 is 4.31. The highest BCUT2D eigenvalue weighted by molar-refractivity contribution is 7.78. The third-order valence-electron chi connectivity index (χ3n) is 0.842. The summed E-state index contributed by atoms with van der Waals surface area (Å²) in [5.74, 6) is -1.14. The third-order valence-corrected chi connectivity index (χ3v) is 1.05. The highest BCUT2D eigenvalue weighted by Crippen LogP contribution is 1.87. The summed E-state index contributed by atoms with van der Waals surface area (Å²) in [5.41, 5.74) is -0.187. The molecule has 0 fully saturated rings. The molecule has 0 aliphatic carbocycles. The zero-order chi connectivity index (χ0) is 8.69. The molecule has 0 aromatic carbocycles. The van der Waals surface area contributed by atoms with Crippen molar-refractivity contribution in [2.75, 3.05) is 6.54 Å². The van der Waals surface area contributed by atoms with Crippen molar-refractivity contribution in [3.8, 4) is 6.07 Å². The summed E-state index contributed by atoms with van der Waals surface area (Å²) in [7, 11) is 0. The van der Waals surface area contributed by atoms with Gasteiger partial charge in [-0.2, -0.15) is 0 Å². The van der Waals surface area contributed by atoms with Gasteiger partial charge in [-0.15, -0.1) is 0 Å². The first kappa shape index (κ1) is 9.83. The Morgan fingerprint density at radius 1 is 1.73 bits per heavy atom. The van der Waals surface area contributed by atoms with Gasteiger partial charge in [0.25, 0.3) is 6.54 Å². The van der Waals surface area contributed by atoms with Crippen molar-refractivity contribution < 1.29 is 9.90 Å². The number of nitrogens with zero attached hydrogens (tertiary/aromatic N) is 1. The lowest BCUT2D eigenvalue weighted by atomic mass is 10.3. The van der Waals surface area contributed by atoms with E-state index in [1.54, 1.807) is 0 Å². The minimum Gasteiger partial charge on any atom is -0.477 e. The number of carboxylic acids is 1. The zero-order valence-electron chi connectivity index (χ0n) is 6.13. The highest BCUT2D eigenvalue weighted by Gasteiger charge is 2.08. The van der Waals surface area contributed by atoms with E-state index in [9.17, 15) is 4.79 Å². The highest BCUT2D eigenvalue weighted by atomic mass is 32.1. The number of aliphatic carboxylic acids is 1. The van der Waals surface area contributed by atoms with Crippen LogP contribution < -0.4 is 0 Å². The summed E-state index contributed by atoms with van der Waals surface area (Å²) in [4.78, 5) is 13.9. The van der Waals surface area contributed by atoms with E-state index in [-0.39, 0.29) is 5.57 Å². The van der Waals surface area contributed by atoms with Crippen LogP contribution in [0.15, 0.2) is 5.57 Å². The molecule has 0 spiro atoms. The standard InChI is InChI=1S/C7H7NO2S/c1-2-3-8-4-6(5-11)7(9)10/h2-3H2,1H3/p+1. The Morgan fingerprint density at radius 3 is 2.73 bits per heavy atom. The molecule has 58 valence electrons. The van der Waals surface area contributed by atoms with Crippen molar-refractivity contribution in [3.05, 3.63) is 10.4 Å². The molecule has 0 aliphatic rings. The topological polar surface area (TPSA) is 41.7 Å². The molecular formula is C7H8NO2S+. The van der Waals surface area contributed by atoms with E-state index in [1.807, 2.05) is 6.92 Å². The molecule has 3 nitrogen and oxygen atoms in total. The second kappa shape index (κ2) is 5.60. The normalized spacial score (nSPS) is 7.36. The number of carbonyl (C=O) groups is 1. The number of thiocarbonyl (C=S) groups is 1. The van der Waals surface area contributed by atoms with Gasteiger partial charge in [0.2, 0.25) is 5.57 Å². The first-order chi connectivity index (χ1) is 5.22. The van der Waals surface area contributed by atoms with E-state index >= 15 is 0 Å². The van der Waals surface area contributed by atoms with Gasteiger partial charge >= 0.3 is 12.0 Å².